The first-order valence-electron chi connectivity index (χ1n) is 10.9. The summed E-state index contributed by atoms with van der Waals surface area (Å²) in [6.07, 6.45) is 15.6. The Balaban J connectivity index is 1.37. The Kier molecular flexibility index (Phi) is 11.4. The van der Waals surface area contributed by atoms with E-state index in [-0.39, 0.29) is 6.61 Å². The number of ether oxygens (including phenoxy) is 1. The zero-order chi connectivity index (χ0) is 20.6. The van der Waals surface area contributed by atoms with E-state index in [0.717, 1.165) is 31.2 Å². The van der Waals surface area contributed by atoms with Crippen LogP contribution in [0.1, 0.15) is 75.3 Å². The van der Waals surface area contributed by atoms with E-state index >= 15 is 0 Å². The Hall–Kier alpha value is -2.49. The topological polar surface area (TPSA) is 56.3 Å². The van der Waals surface area contributed by atoms with Crippen molar-refractivity contribution in [3.63, 3.8) is 0 Å². The monoisotopic (exact) mass is 395 g/mol. The quantitative estimate of drug-likeness (QED) is 0.216. The molecule has 0 spiro atoms. The van der Waals surface area contributed by atoms with Gasteiger partial charge in [-0.15, -0.1) is 0 Å². The third-order valence-corrected chi connectivity index (χ3v) is 5.03. The van der Waals surface area contributed by atoms with E-state index in [9.17, 15) is 9.59 Å². The highest BCUT2D eigenvalue weighted by atomic mass is 16.5. The molecule has 29 heavy (non-hydrogen) atoms. The third-order valence-electron chi connectivity index (χ3n) is 5.03. The highest BCUT2D eigenvalue weighted by Crippen LogP contribution is 2.12. The fraction of sp³-hybridized carbons (Fsp3) is 0.480. The molecule has 2 rings (SSSR count). The van der Waals surface area contributed by atoms with Crippen molar-refractivity contribution in [3.8, 4) is 0 Å². The number of benzene rings is 1. The lowest BCUT2D eigenvalue weighted by Crippen LogP contribution is -2.17. The summed E-state index contributed by atoms with van der Waals surface area (Å²) in [5.41, 5.74) is 2.22. The van der Waals surface area contributed by atoms with Crippen LogP contribution in [0.4, 0.5) is 0 Å². The molecule has 0 saturated carbocycles. The summed E-state index contributed by atoms with van der Waals surface area (Å²) in [6, 6.07) is 13.6. The molecule has 0 amide bonds. The molecule has 156 valence electrons. The first kappa shape index (κ1) is 22.8. The molecule has 0 fully saturated rings. The zero-order valence-corrected chi connectivity index (χ0v) is 17.4. The molecule has 0 N–H and O–H groups in total. The smallest absolute Gasteiger partial charge is 0.374 e. The number of carbonyl (C=O) groups excluding carboxylic acids is 2. The van der Waals surface area contributed by atoms with Gasteiger partial charge in [0.25, 0.3) is 0 Å². The van der Waals surface area contributed by atoms with Crippen molar-refractivity contribution < 1.29 is 14.3 Å². The van der Waals surface area contributed by atoms with Crippen LogP contribution in [-0.2, 0) is 27.4 Å². The first-order chi connectivity index (χ1) is 14.3. The second kappa shape index (κ2) is 14.5. The van der Waals surface area contributed by atoms with Crippen LogP contribution in [0, 0.1) is 0 Å². The van der Waals surface area contributed by atoms with Crippen LogP contribution in [0.15, 0.2) is 54.9 Å². The maximum absolute atomic E-state index is 11.8. The number of ketones is 1. The fourth-order valence-corrected chi connectivity index (χ4v) is 3.30. The van der Waals surface area contributed by atoms with Crippen molar-refractivity contribution in [3.05, 3.63) is 66.0 Å². The van der Waals surface area contributed by atoms with Gasteiger partial charge in [0.15, 0.2) is 0 Å². The SMILES string of the molecule is O=C(CCCCCCCCCCCc1cccnc1)C(=O)OCc1ccccc1. The van der Waals surface area contributed by atoms with Crippen LogP contribution in [0.3, 0.4) is 0 Å². The van der Waals surface area contributed by atoms with Gasteiger partial charge in [-0.3, -0.25) is 9.78 Å². The lowest BCUT2D eigenvalue weighted by atomic mass is 10.0. The van der Waals surface area contributed by atoms with Crippen molar-refractivity contribution >= 4 is 11.8 Å². The number of aromatic nitrogens is 1. The average Bonchev–Trinajstić information content (AvgIpc) is 2.77. The maximum Gasteiger partial charge on any atom is 0.374 e. The van der Waals surface area contributed by atoms with Crippen LogP contribution in [0.5, 0.6) is 0 Å². The molecule has 0 unspecified atom stereocenters. The summed E-state index contributed by atoms with van der Waals surface area (Å²) in [7, 11) is 0. The van der Waals surface area contributed by atoms with E-state index in [1.54, 1.807) is 0 Å². The highest BCUT2D eigenvalue weighted by Gasteiger charge is 2.14. The number of aryl methyl sites for hydroxylation is 1. The maximum atomic E-state index is 11.8. The van der Waals surface area contributed by atoms with E-state index in [1.165, 1.54) is 44.1 Å². The number of rotatable bonds is 15. The Morgan fingerprint density at radius 3 is 2.00 bits per heavy atom. The first-order valence-corrected chi connectivity index (χ1v) is 10.9. The Bertz CT molecular complexity index is 701. The van der Waals surface area contributed by atoms with Crippen LogP contribution in [0.25, 0.3) is 0 Å². The van der Waals surface area contributed by atoms with E-state index in [0.29, 0.717) is 6.42 Å². The van der Waals surface area contributed by atoms with Gasteiger partial charge in [0, 0.05) is 18.8 Å². The van der Waals surface area contributed by atoms with Gasteiger partial charge < -0.3 is 4.74 Å². The number of unbranched alkanes of at least 4 members (excludes halogenated alkanes) is 8. The fourth-order valence-electron chi connectivity index (χ4n) is 3.30. The minimum atomic E-state index is -0.708. The van der Waals surface area contributed by atoms with Gasteiger partial charge in [-0.2, -0.15) is 0 Å². The summed E-state index contributed by atoms with van der Waals surface area (Å²) >= 11 is 0. The number of pyridine rings is 1. The van der Waals surface area contributed by atoms with E-state index < -0.39 is 11.8 Å². The predicted molar refractivity (Wildman–Crippen MR) is 115 cm³/mol. The number of hydrogen-bond acceptors (Lipinski definition) is 4. The molecule has 0 saturated heterocycles. The summed E-state index contributed by atoms with van der Waals surface area (Å²) in [5.74, 6) is -1.12. The molecule has 1 aromatic heterocycles. The molecule has 1 heterocycles. The molecular weight excluding hydrogens is 362 g/mol. The number of hydrogen-bond donors (Lipinski definition) is 0. The number of carbonyl (C=O) groups is 2. The molecule has 2 aromatic rings. The largest absolute Gasteiger partial charge is 0.455 e. The second-order valence-corrected chi connectivity index (χ2v) is 7.53. The van der Waals surface area contributed by atoms with Crippen molar-refractivity contribution in [1.82, 2.24) is 4.98 Å². The highest BCUT2D eigenvalue weighted by molar-refractivity contribution is 6.33. The lowest BCUT2D eigenvalue weighted by Gasteiger charge is -2.05. The van der Waals surface area contributed by atoms with Crippen molar-refractivity contribution in [2.45, 2.75) is 77.2 Å². The minimum absolute atomic E-state index is 0.160. The summed E-state index contributed by atoms with van der Waals surface area (Å²) < 4.78 is 5.07. The van der Waals surface area contributed by atoms with Gasteiger partial charge in [0.2, 0.25) is 5.78 Å². The van der Waals surface area contributed by atoms with Crippen LogP contribution >= 0.6 is 0 Å². The van der Waals surface area contributed by atoms with Crippen molar-refractivity contribution in [2.75, 3.05) is 0 Å². The molecule has 0 aliphatic rings. The molecule has 4 heteroatoms. The Morgan fingerprint density at radius 1 is 0.724 bits per heavy atom. The van der Waals surface area contributed by atoms with Gasteiger partial charge in [-0.1, -0.05) is 81.3 Å². The third kappa shape index (κ3) is 10.6. The van der Waals surface area contributed by atoms with E-state index in [2.05, 4.69) is 11.1 Å². The molecule has 0 radical (unpaired) electrons. The normalized spacial score (nSPS) is 10.6. The number of Topliss-reactive ketones (excluding diaryl/α,β-unsaturated/α-hetero) is 1. The van der Waals surface area contributed by atoms with Crippen molar-refractivity contribution in [2.24, 2.45) is 0 Å². The van der Waals surface area contributed by atoms with Crippen LogP contribution in [-0.4, -0.2) is 16.7 Å². The predicted octanol–water partition coefficient (Wildman–Crippen LogP) is 5.84. The van der Waals surface area contributed by atoms with Gasteiger partial charge in [0.05, 0.1) is 0 Å². The van der Waals surface area contributed by atoms with Crippen molar-refractivity contribution in [1.29, 1.82) is 0 Å². The zero-order valence-electron chi connectivity index (χ0n) is 17.4. The molecule has 0 bridgehead atoms. The Morgan fingerprint density at radius 2 is 1.34 bits per heavy atom. The van der Waals surface area contributed by atoms with Crippen LogP contribution in [0.2, 0.25) is 0 Å². The summed E-state index contributed by atoms with van der Waals surface area (Å²) in [5, 5.41) is 0. The average molecular weight is 396 g/mol. The van der Waals surface area contributed by atoms with E-state index in [4.69, 9.17) is 4.74 Å². The summed E-state index contributed by atoms with van der Waals surface area (Å²) in [4.78, 5) is 27.7. The van der Waals surface area contributed by atoms with Crippen LogP contribution < -0.4 is 0 Å². The minimum Gasteiger partial charge on any atom is -0.455 e. The molecule has 1 aromatic carbocycles. The molecule has 0 atom stereocenters. The van der Waals surface area contributed by atoms with Gasteiger partial charge >= 0.3 is 5.97 Å². The van der Waals surface area contributed by atoms with Gasteiger partial charge in [-0.05, 0) is 36.5 Å². The second-order valence-electron chi connectivity index (χ2n) is 7.53. The Labute approximate surface area is 174 Å². The molecular formula is C25H33NO3. The van der Waals surface area contributed by atoms with Gasteiger partial charge in [0.1, 0.15) is 6.61 Å². The standard InChI is InChI=1S/C25H33NO3/c27-24(25(28)29-21-23-15-10-8-11-16-23)18-12-7-5-3-1-2-4-6-9-14-22-17-13-19-26-20-22/h8,10-11,13,15-17,19-20H,1-7,9,12,14,18,21H2. The molecule has 0 aliphatic heterocycles. The van der Waals surface area contributed by atoms with E-state index in [1.807, 2.05) is 48.8 Å². The molecule has 4 nitrogen and oxygen atoms in total. The summed E-state index contributed by atoms with van der Waals surface area (Å²) in [6.45, 7) is 0.160. The number of nitrogens with zero attached hydrogens (tertiary/aromatic N) is 1. The lowest BCUT2D eigenvalue weighted by molar-refractivity contribution is -0.154. The van der Waals surface area contributed by atoms with Gasteiger partial charge in [-0.25, -0.2) is 4.79 Å². The number of esters is 1. The molecule has 0 aliphatic carbocycles.